The Morgan fingerprint density at radius 2 is 2.33 bits per heavy atom. The molecular weight excluding hydrogens is 246 g/mol. The summed E-state index contributed by atoms with van der Waals surface area (Å²) in [5.41, 5.74) is 6.92. The molecule has 18 heavy (non-hydrogen) atoms. The van der Waals surface area contributed by atoms with E-state index in [1.54, 1.807) is 7.11 Å². The molecule has 0 aromatic heterocycles. The van der Waals surface area contributed by atoms with Crippen molar-refractivity contribution in [3.05, 3.63) is 23.8 Å². The molecule has 3 nitrogen and oxygen atoms in total. The highest BCUT2D eigenvalue weighted by Crippen LogP contribution is 2.37. The molecule has 0 bridgehead atoms. The Bertz CT molecular complexity index is 391. The highest BCUT2D eigenvalue weighted by molar-refractivity contribution is 7.99. The molecule has 1 heterocycles. The zero-order chi connectivity index (χ0) is 13.0. The van der Waals surface area contributed by atoms with Crippen LogP contribution in [-0.2, 0) is 0 Å². The van der Waals surface area contributed by atoms with Crippen LogP contribution in [0, 0.1) is 0 Å². The summed E-state index contributed by atoms with van der Waals surface area (Å²) in [5.74, 6) is 4.22. The fourth-order valence-electron chi connectivity index (χ4n) is 2.11. The van der Waals surface area contributed by atoms with Gasteiger partial charge in [0.1, 0.15) is 6.10 Å². The third-order valence-corrected chi connectivity index (χ3v) is 4.42. The highest BCUT2D eigenvalue weighted by atomic mass is 32.2. The Hall–Kier alpha value is -0.870. The average molecular weight is 267 g/mol. The number of methoxy groups -OCH3 is 1. The highest BCUT2D eigenvalue weighted by Gasteiger charge is 2.22. The van der Waals surface area contributed by atoms with Crippen molar-refractivity contribution in [2.45, 2.75) is 25.4 Å². The van der Waals surface area contributed by atoms with Crippen LogP contribution in [0.4, 0.5) is 0 Å². The minimum absolute atomic E-state index is 0.282. The molecule has 0 amide bonds. The molecule has 2 unspecified atom stereocenters. The summed E-state index contributed by atoms with van der Waals surface area (Å²) < 4.78 is 11.6. The van der Waals surface area contributed by atoms with Crippen molar-refractivity contribution in [1.82, 2.24) is 0 Å². The summed E-state index contributed by atoms with van der Waals surface area (Å²) in [7, 11) is 1.68. The predicted octanol–water partition coefficient (Wildman–Crippen LogP) is 2.64. The second kappa shape index (κ2) is 6.34. The van der Waals surface area contributed by atoms with E-state index >= 15 is 0 Å². The molecule has 2 atom stereocenters. The molecule has 0 aliphatic carbocycles. The van der Waals surface area contributed by atoms with Gasteiger partial charge in [0.15, 0.2) is 11.5 Å². The number of hydrogen-bond acceptors (Lipinski definition) is 4. The number of thioether (sulfide) groups is 1. The van der Waals surface area contributed by atoms with Crippen LogP contribution in [0.1, 0.15) is 24.8 Å². The number of benzene rings is 1. The van der Waals surface area contributed by atoms with Gasteiger partial charge in [0.05, 0.1) is 7.11 Å². The molecule has 1 aromatic rings. The number of rotatable bonds is 5. The van der Waals surface area contributed by atoms with Gasteiger partial charge in [-0.3, -0.25) is 0 Å². The molecule has 0 spiro atoms. The van der Waals surface area contributed by atoms with E-state index in [1.165, 1.54) is 5.75 Å². The van der Waals surface area contributed by atoms with Gasteiger partial charge in [0, 0.05) is 11.3 Å². The van der Waals surface area contributed by atoms with Gasteiger partial charge >= 0.3 is 0 Å². The molecule has 4 heteroatoms. The summed E-state index contributed by atoms with van der Waals surface area (Å²) in [6.45, 7) is 2.73. The summed E-state index contributed by atoms with van der Waals surface area (Å²) in [6, 6.07) is 6.03. The van der Waals surface area contributed by atoms with Crippen molar-refractivity contribution in [3.63, 3.8) is 0 Å². The van der Waals surface area contributed by atoms with Gasteiger partial charge in [-0.15, -0.1) is 0 Å². The molecule has 2 rings (SSSR count). The molecule has 1 aliphatic heterocycles. The lowest BCUT2D eigenvalue weighted by Gasteiger charge is -2.21. The molecule has 1 fully saturated rings. The van der Waals surface area contributed by atoms with Crippen molar-refractivity contribution < 1.29 is 9.47 Å². The van der Waals surface area contributed by atoms with Gasteiger partial charge in [-0.05, 0) is 30.7 Å². The van der Waals surface area contributed by atoms with E-state index in [1.807, 2.05) is 23.9 Å². The maximum absolute atomic E-state index is 6.15. The average Bonchev–Trinajstić information content (AvgIpc) is 2.91. The number of hydrogen-bond donors (Lipinski definition) is 1. The first kappa shape index (κ1) is 13.6. The van der Waals surface area contributed by atoms with Crippen molar-refractivity contribution in [2.24, 2.45) is 5.73 Å². The van der Waals surface area contributed by atoms with Crippen LogP contribution in [0.5, 0.6) is 11.5 Å². The Morgan fingerprint density at radius 1 is 1.50 bits per heavy atom. The van der Waals surface area contributed by atoms with E-state index in [2.05, 4.69) is 13.0 Å². The molecule has 1 aromatic carbocycles. The largest absolute Gasteiger partial charge is 0.493 e. The third kappa shape index (κ3) is 2.93. The molecule has 0 radical (unpaired) electrons. The second-order valence-electron chi connectivity index (χ2n) is 4.62. The normalized spacial score (nSPS) is 20.7. The number of nitrogens with two attached hydrogens (primary N) is 1. The molecular formula is C14H21NO2S. The lowest BCUT2D eigenvalue weighted by molar-refractivity contribution is 0.215. The topological polar surface area (TPSA) is 44.5 Å². The minimum Gasteiger partial charge on any atom is -0.493 e. The molecule has 0 saturated carbocycles. The number of ether oxygens (including phenoxy) is 2. The maximum atomic E-state index is 6.15. The van der Waals surface area contributed by atoms with Gasteiger partial charge in [0.25, 0.3) is 0 Å². The van der Waals surface area contributed by atoms with Gasteiger partial charge in [-0.25, -0.2) is 0 Å². The molecule has 100 valence electrons. The first-order valence-corrected chi connectivity index (χ1v) is 7.53. The Balaban J connectivity index is 2.27. The fraction of sp³-hybridized carbons (Fsp3) is 0.571. The lowest BCUT2D eigenvalue weighted by atomic mass is 10.00. The zero-order valence-corrected chi connectivity index (χ0v) is 11.8. The quantitative estimate of drug-likeness (QED) is 0.890. The first-order chi connectivity index (χ1) is 8.76. The van der Waals surface area contributed by atoms with Crippen LogP contribution in [0.15, 0.2) is 18.2 Å². The van der Waals surface area contributed by atoms with Crippen molar-refractivity contribution in [1.29, 1.82) is 0 Å². The van der Waals surface area contributed by atoms with Crippen molar-refractivity contribution in [2.75, 3.05) is 25.2 Å². The third-order valence-electron chi connectivity index (χ3n) is 3.29. The SMILES string of the molecule is COc1cccc(C(C)CN)c1OC1CCSC1. The Kier molecular flexibility index (Phi) is 4.78. The van der Waals surface area contributed by atoms with E-state index in [0.717, 1.165) is 29.2 Å². The monoisotopic (exact) mass is 267 g/mol. The van der Waals surface area contributed by atoms with E-state index < -0.39 is 0 Å². The van der Waals surface area contributed by atoms with Gasteiger partial charge < -0.3 is 15.2 Å². The summed E-state index contributed by atoms with van der Waals surface area (Å²) in [6.07, 6.45) is 1.41. The van der Waals surface area contributed by atoms with E-state index in [0.29, 0.717) is 12.6 Å². The van der Waals surface area contributed by atoms with Crippen LogP contribution in [-0.4, -0.2) is 31.3 Å². The van der Waals surface area contributed by atoms with Gasteiger partial charge in [-0.1, -0.05) is 19.1 Å². The van der Waals surface area contributed by atoms with E-state index in [4.69, 9.17) is 15.2 Å². The van der Waals surface area contributed by atoms with E-state index in [-0.39, 0.29) is 5.92 Å². The smallest absolute Gasteiger partial charge is 0.165 e. The summed E-state index contributed by atoms with van der Waals surface area (Å²) in [5, 5.41) is 0. The van der Waals surface area contributed by atoms with Gasteiger partial charge in [0.2, 0.25) is 0 Å². The second-order valence-corrected chi connectivity index (χ2v) is 5.77. The van der Waals surface area contributed by atoms with Crippen LogP contribution in [0.25, 0.3) is 0 Å². The van der Waals surface area contributed by atoms with Crippen LogP contribution in [0.3, 0.4) is 0 Å². The maximum Gasteiger partial charge on any atom is 0.165 e. The standard InChI is InChI=1S/C14H21NO2S/c1-10(8-15)12-4-3-5-13(16-2)14(12)17-11-6-7-18-9-11/h3-5,10-11H,6-9,15H2,1-2H3. The first-order valence-electron chi connectivity index (χ1n) is 6.37. The zero-order valence-electron chi connectivity index (χ0n) is 11.0. The Labute approximate surface area is 113 Å². The van der Waals surface area contributed by atoms with E-state index in [9.17, 15) is 0 Å². The van der Waals surface area contributed by atoms with Crippen LogP contribution in [0.2, 0.25) is 0 Å². The molecule has 2 N–H and O–H groups in total. The van der Waals surface area contributed by atoms with Crippen molar-refractivity contribution >= 4 is 11.8 Å². The summed E-state index contributed by atoms with van der Waals surface area (Å²) >= 11 is 1.94. The molecule has 1 aliphatic rings. The number of para-hydroxylation sites is 1. The summed E-state index contributed by atoms with van der Waals surface area (Å²) in [4.78, 5) is 0. The van der Waals surface area contributed by atoms with Crippen LogP contribution < -0.4 is 15.2 Å². The molecule has 1 saturated heterocycles. The lowest BCUT2D eigenvalue weighted by Crippen LogP contribution is -2.18. The fourth-order valence-corrected chi connectivity index (χ4v) is 3.20. The predicted molar refractivity (Wildman–Crippen MR) is 76.8 cm³/mol. The minimum atomic E-state index is 0.282. The van der Waals surface area contributed by atoms with Crippen molar-refractivity contribution in [3.8, 4) is 11.5 Å². The Morgan fingerprint density at radius 3 is 2.94 bits per heavy atom. The van der Waals surface area contributed by atoms with Gasteiger partial charge in [-0.2, -0.15) is 11.8 Å². The van der Waals surface area contributed by atoms with Crippen LogP contribution >= 0.6 is 11.8 Å².